The van der Waals surface area contributed by atoms with Gasteiger partial charge in [0, 0.05) is 28.6 Å². The van der Waals surface area contributed by atoms with Crippen molar-refractivity contribution < 1.29 is 0 Å². The lowest BCUT2D eigenvalue weighted by atomic mass is 10.3. The van der Waals surface area contributed by atoms with Gasteiger partial charge in [0.05, 0.1) is 6.04 Å². The van der Waals surface area contributed by atoms with Gasteiger partial charge < -0.3 is 10.6 Å². The van der Waals surface area contributed by atoms with E-state index in [0.717, 1.165) is 12.5 Å². The fourth-order valence-corrected chi connectivity index (χ4v) is 3.70. The molecule has 1 aromatic heterocycles. The highest BCUT2D eigenvalue weighted by atomic mass is 127. The number of benzene rings is 1. The van der Waals surface area contributed by atoms with Crippen molar-refractivity contribution in [2.75, 3.05) is 13.6 Å². The molecule has 1 aromatic carbocycles. The van der Waals surface area contributed by atoms with Crippen molar-refractivity contribution in [3.05, 3.63) is 52.7 Å². The number of hydrogen-bond donors (Lipinski definition) is 2. The lowest BCUT2D eigenvalue weighted by Gasteiger charge is -2.19. The standard InChI is InChI=1S/C17H23N3S2.HI/c1-13(22-15-8-5-4-6-9-15)12-19-17(18-3)20-14(2)16-10-7-11-21-16;/h4-11,13-14H,12H2,1-3H3,(H2,18,19,20);1H. The highest BCUT2D eigenvalue weighted by Gasteiger charge is 2.10. The summed E-state index contributed by atoms with van der Waals surface area (Å²) < 4.78 is 0. The average Bonchev–Trinajstić information content (AvgIpc) is 3.06. The van der Waals surface area contributed by atoms with Crippen LogP contribution in [0.2, 0.25) is 0 Å². The van der Waals surface area contributed by atoms with E-state index in [1.807, 2.05) is 24.9 Å². The Balaban J connectivity index is 0.00000264. The molecule has 2 rings (SSSR count). The third kappa shape index (κ3) is 7.14. The molecule has 0 spiro atoms. The number of nitrogens with one attached hydrogen (secondary N) is 2. The Bertz CT molecular complexity index is 573. The van der Waals surface area contributed by atoms with E-state index in [1.165, 1.54) is 9.77 Å². The van der Waals surface area contributed by atoms with E-state index in [9.17, 15) is 0 Å². The minimum Gasteiger partial charge on any atom is -0.355 e. The number of halogens is 1. The normalized spacial score (nSPS) is 13.8. The zero-order valence-corrected chi connectivity index (χ0v) is 17.6. The second-order valence-corrected chi connectivity index (χ2v) is 7.57. The minimum atomic E-state index is 0. The maximum absolute atomic E-state index is 4.31. The van der Waals surface area contributed by atoms with Crippen molar-refractivity contribution in [3.63, 3.8) is 0 Å². The van der Waals surface area contributed by atoms with Crippen molar-refractivity contribution in [2.24, 2.45) is 4.99 Å². The van der Waals surface area contributed by atoms with Crippen LogP contribution in [0, 0.1) is 0 Å². The first kappa shape index (κ1) is 20.3. The lowest BCUT2D eigenvalue weighted by Crippen LogP contribution is -2.40. The highest BCUT2D eigenvalue weighted by molar-refractivity contribution is 14.0. The van der Waals surface area contributed by atoms with E-state index in [-0.39, 0.29) is 30.0 Å². The Morgan fingerprint density at radius 3 is 2.52 bits per heavy atom. The van der Waals surface area contributed by atoms with Gasteiger partial charge in [-0.1, -0.05) is 31.2 Å². The van der Waals surface area contributed by atoms with E-state index in [2.05, 4.69) is 71.3 Å². The molecule has 0 saturated heterocycles. The maximum Gasteiger partial charge on any atom is 0.191 e. The van der Waals surface area contributed by atoms with E-state index in [4.69, 9.17) is 0 Å². The van der Waals surface area contributed by atoms with E-state index in [0.29, 0.717) is 5.25 Å². The molecule has 2 unspecified atom stereocenters. The molecule has 6 heteroatoms. The van der Waals surface area contributed by atoms with Crippen LogP contribution in [-0.4, -0.2) is 24.8 Å². The summed E-state index contributed by atoms with van der Waals surface area (Å²) in [7, 11) is 1.81. The topological polar surface area (TPSA) is 36.4 Å². The summed E-state index contributed by atoms with van der Waals surface area (Å²) >= 11 is 3.63. The van der Waals surface area contributed by atoms with Gasteiger partial charge in [-0.2, -0.15) is 0 Å². The second kappa shape index (κ2) is 10.9. The van der Waals surface area contributed by atoms with Gasteiger partial charge in [-0.25, -0.2) is 0 Å². The van der Waals surface area contributed by atoms with Crippen LogP contribution in [0.3, 0.4) is 0 Å². The smallest absolute Gasteiger partial charge is 0.191 e. The molecule has 0 bridgehead atoms. The monoisotopic (exact) mass is 461 g/mol. The highest BCUT2D eigenvalue weighted by Crippen LogP contribution is 2.22. The van der Waals surface area contributed by atoms with Gasteiger partial charge in [0.2, 0.25) is 0 Å². The van der Waals surface area contributed by atoms with Crippen molar-refractivity contribution in [1.29, 1.82) is 0 Å². The summed E-state index contributed by atoms with van der Waals surface area (Å²) in [6.45, 7) is 5.25. The molecule has 3 nitrogen and oxygen atoms in total. The largest absolute Gasteiger partial charge is 0.355 e. The number of aliphatic imine (C=N–C) groups is 1. The van der Waals surface area contributed by atoms with Crippen molar-refractivity contribution in [1.82, 2.24) is 10.6 Å². The first-order valence-electron chi connectivity index (χ1n) is 7.41. The van der Waals surface area contributed by atoms with Crippen LogP contribution in [0.1, 0.15) is 24.8 Å². The zero-order valence-electron chi connectivity index (χ0n) is 13.7. The fourth-order valence-electron chi connectivity index (χ4n) is 2.02. The van der Waals surface area contributed by atoms with Crippen molar-refractivity contribution in [2.45, 2.75) is 30.0 Å². The Labute approximate surface area is 164 Å². The molecule has 2 aromatic rings. The van der Waals surface area contributed by atoms with E-state index in [1.54, 1.807) is 11.3 Å². The second-order valence-electron chi connectivity index (χ2n) is 5.08. The molecule has 126 valence electrons. The SMILES string of the molecule is CN=C(NCC(C)Sc1ccccc1)NC(C)c1cccs1.I. The number of thioether (sulfide) groups is 1. The van der Waals surface area contributed by atoms with Crippen LogP contribution in [0.15, 0.2) is 57.7 Å². The molecule has 0 fully saturated rings. The molecule has 2 atom stereocenters. The van der Waals surface area contributed by atoms with E-state index >= 15 is 0 Å². The van der Waals surface area contributed by atoms with Crippen LogP contribution in [0.4, 0.5) is 0 Å². The summed E-state index contributed by atoms with van der Waals surface area (Å²) in [5.41, 5.74) is 0. The van der Waals surface area contributed by atoms with Crippen LogP contribution in [0.5, 0.6) is 0 Å². The van der Waals surface area contributed by atoms with Crippen LogP contribution < -0.4 is 10.6 Å². The molecule has 0 radical (unpaired) electrons. The Kier molecular flexibility index (Phi) is 9.66. The molecule has 0 amide bonds. The molecule has 1 heterocycles. The zero-order chi connectivity index (χ0) is 15.8. The molecular weight excluding hydrogens is 437 g/mol. The number of rotatable bonds is 6. The average molecular weight is 461 g/mol. The van der Waals surface area contributed by atoms with Gasteiger partial charge in [0.25, 0.3) is 0 Å². The van der Waals surface area contributed by atoms with E-state index < -0.39 is 0 Å². The Morgan fingerprint density at radius 1 is 1.17 bits per heavy atom. The molecular formula is C17H24IN3S2. The fraction of sp³-hybridized carbons (Fsp3) is 0.353. The third-order valence-corrected chi connectivity index (χ3v) is 5.35. The Hall–Kier alpha value is -0.730. The van der Waals surface area contributed by atoms with Crippen molar-refractivity contribution >= 4 is 53.0 Å². The number of nitrogens with zero attached hydrogens (tertiary/aromatic N) is 1. The summed E-state index contributed by atoms with van der Waals surface area (Å²) in [4.78, 5) is 6.92. The molecule has 0 aliphatic carbocycles. The number of guanidine groups is 1. The van der Waals surface area contributed by atoms with Gasteiger partial charge in [0.15, 0.2) is 5.96 Å². The predicted octanol–water partition coefficient (Wildman–Crippen LogP) is 4.77. The molecule has 0 aliphatic rings. The predicted molar refractivity (Wildman–Crippen MR) is 114 cm³/mol. The quantitative estimate of drug-likeness (QED) is 0.282. The lowest BCUT2D eigenvalue weighted by molar-refractivity contribution is 0.694. The van der Waals surface area contributed by atoms with Gasteiger partial charge in [-0.3, -0.25) is 4.99 Å². The van der Waals surface area contributed by atoms with Gasteiger partial charge in [-0.05, 0) is 30.5 Å². The maximum atomic E-state index is 4.31. The van der Waals surface area contributed by atoms with Crippen LogP contribution in [0.25, 0.3) is 0 Å². The summed E-state index contributed by atoms with van der Waals surface area (Å²) in [6.07, 6.45) is 0. The minimum absolute atomic E-state index is 0. The third-order valence-electron chi connectivity index (χ3n) is 3.18. The number of thiophene rings is 1. The molecule has 0 aliphatic heterocycles. The van der Waals surface area contributed by atoms with Gasteiger partial charge in [-0.15, -0.1) is 47.1 Å². The molecule has 0 saturated carbocycles. The van der Waals surface area contributed by atoms with Gasteiger partial charge >= 0.3 is 0 Å². The first-order valence-corrected chi connectivity index (χ1v) is 9.17. The molecule has 2 N–H and O–H groups in total. The molecule has 23 heavy (non-hydrogen) atoms. The number of hydrogen-bond acceptors (Lipinski definition) is 3. The van der Waals surface area contributed by atoms with Crippen LogP contribution in [-0.2, 0) is 0 Å². The van der Waals surface area contributed by atoms with Crippen molar-refractivity contribution in [3.8, 4) is 0 Å². The van der Waals surface area contributed by atoms with Crippen LogP contribution >= 0.6 is 47.1 Å². The summed E-state index contributed by atoms with van der Waals surface area (Å²) in [5.74, 6) is 0.849. The summed E-state index contributed by atoms with van der Waals surface area (Å²) in [6, 6.07) is 15.0. The Morgan fingerprint density at radius 2 is 1.91 bits per heavy atom. The summed E-state index contributed by atoms with van der Waals surface area (Å²) in [5, 5.41) is 9.40. The van der Waals surface area contributed by atoms with Gasteiger partial charge in [0.1, 0.15) is 0 Å². The first-order chi connectivity index (χ1) is 10.7.